The molecule has 2 aromatic carbocycles. The first kappa shape index (κ1) is 19.4. The van der Waals surface area contributed by atoms with Gasteiger partial charge in [-0.05, 0) is 36.2 Å². The van der Waals surface area contributed by atoms with Gasteiger partial charge in [0.25, 0.3) is 0 Å². The molecule has 0 heterocycles. The molecule has 0 radical (unpaired) electrons. The summed E-state index contributed by atoms with van der Waals surface area (Å²) in [5.74, 6) is -0.152. The largest absolute Gasteiger partial charge is 0.311 e. The summed E-state index contributed by atoms with van der Waals surface area (Å²) in [4.78, 5) is 13.5. The van der Waals surface area contributed by atoms with Crippen molar-refractivity contribution in [2.75, 3.05) is 18.0 Å². The molecule has 134 valence electrons. The van der Waals surface area contributed by atoms with Crippen molar-refractivity contribution >= 4 is 33.2 Å². The van der Waals surface area contributed by atoms with Crippen molar-refractivity contribution in [3.8, 4) is 0 Å². The fourth-order valence-corrected chi connectivity index (χ4v) is 3.95. The summed E-state index contributed by atoms with van der Waals surface area (Å²) >= 11 is 5.94. The van der Waals surface area contributed by atoms with Crippen LogP contribution in [-0.2, 0) is 21.2 Å². The summed E-state index contributed by atoms with van der Waals surface area (Å²) in [5.41, 5.74) is 1.91. The first-order valence-electron chi connectivity index (χ1n) is 7.96. The number of benzene rings is 2. The van der Waals surface area contributed by atoms with E-state index < -0.39 is 10.0 Å². The minimum Gasteiger partial charge on any atom is -0.311 e. The molecule has 0 unspecified atom stereocenters. The highest BCUT2D eigenvalue weighted by molar-refractivity contribution is 7.89. The fourth-order valence-electron chi connectivity index (χ4n) is 2.41. The van der Waals surface area contributed by atoms with Crippen LogP contribution in [0.15, 0.2) is 53.4 Å². The number of amides is 1. The highest BCUT2D eigenvalue weighted by Gasteiger charge is 2.18. The predicted molar refractivity (Wildman–Crippen MR) is 100 cm³/mol. The second-order valence-electron chi connectivity index (χ2n) is 5.52. The molecule has 25 heavy (non-hydrogen) atoms. The molecule has 7 heteroatoms. The third-order valence-electron chi connectivity index (χ3n) is 3.79. The van der Waals surface area contributed by atoms with Gasteiger partial charge in [0.2, 0.25) is 15.9 Å². The molecule has 0 aromatic heterocycles. The van der Waals surface area contributed by atoms with Crippen LogP contribution < -0.4 is 9.62 Å². The van der Waals surface area contributed by atoms with E-state index in [9.17, 15) is 13.2 Å². The molecule has 1 N–H and O–H groups in total. The van der Waals surface area contributed by atoms with Crippen LogP contribution in [0.3, 0.4) is 0 Å². The van der Waals surface area contributed by atoms with E-state index in [2.05, 4.69) is 11.6 Å². The number of rotatable bonds is 7. The molecule has 1 amide bonds. The molecule has 0 atom stereocenters. The molecule has 0 saturated heterocycles. The predicted octanol–water partition coefficient (Wildman–Crippen LogP) is 3.23. The SMILES string of the molecule is CCc1ccc(N(CCNS(=O)(=O)c2ccccc2Cl)C(C)=O)cc1. The van der Waals surface area contributed by atoms with Crippen molar-refractivity contribution in [1.29, 1.82) is 0 Å². The number of sulfonamides is 1. The normalized spacial score (nSPS) is 11.3. The lowest BCUT2D eigenvalue weighted by Gasteiger charge is -2.21. The smallest absolute Gasteiger partial charge is 0.242 e. The van der Waals surface area contributed by atoms with Crippen molar-refractivity contribution in [1.82, 2.24) is 4.72 Å². The molecular weight excluding hydrogens is 360 g/mol. The average Bonchev–Trinajstić information content (AvgIpc) is 2.59. The van der Waals surface area contributed by atoms with Crippen molar-refractivity contribution in [3.05, 3.63) is 59.1 Å². The molecule has 0 fully saturated rings. The van der Waals surface area contributed by atoms with Crippen LogP contribution in [0.2, 0.25) is 5.02 Å². The van der Waals surface area contributed by atoms with Gasteiger partial charge in [-0.1, -0.05) is 42.8 Å². The minimum atomic E-state index is -3.73. The van der Waals surface area contributed by atoms with Crippen molar-refractivity contribution < 1.29 is 13.2 Å². The number of nitrogens with zero attached hydrogens (tertiary/aromatic N) is 1. The van der Waals surface area contributed by atoms with Crippen LogP contribution in [0.1, 0.15) is 19.4 Å². The minimum absolute atomic E-state index is 0.0262. The van der Waals surface area contributed by atoms with Gasteiger partial charge in [-0.2, -0.15) is 0 Å². The molecule has 0 saturated carbocycles. The Kier molecular flexibility index (Phi) is 6.58. The Bertz CT molecular complexity index is 836. The number of hydrogen-bond acceptors (Lipinski definition) is 3. The van der Waals surface area contributed by atoms with Gasteiger partial charge < -0.3 is 4.90 Å². The molecule has 5 nitrogen and oxygen atoms in total. The lowest BCUT2D eigenvalue weighted by Crippen LogP contribution is -2.37. The average molecular weight is 381 g/mol. The van der Waals surface area contributed by atoms with Gasteiger partial charge in [0.1, 0.15) is 4.90 Å². The zero-order valence-electron chi connectivity index (χ0n) is 14.2. The molecule has 2 aromatic rings. The van der Waals surface area contributed by atoms with Gasteiger partial charge in [0, 0.05) is 25.7 Å². The van der Waals surface area contributed by atoms with Gasteiger partial charge in [0.15, 0.2) is 0 Å². The molecule has 0 aliphatic carbocycles. The first-order chi connectivity index (χ1) is 11.8. The second kappa shape index (κ2) is 8.47. The second-order valence-corrected chi connectivity index (χ2v) is 7.66. The standard InChI is InChI=1S/C18H21ClN2O3S/c1-3-15-8-10-16(11-9-15)21(14(2)22)13-12-20-25(23,24)18-7-5-4-6-17(18)19/h4-11,20H,3,12-13H2,1-2H3. The Hall–Kier alpha value is -1.89. The number of carbonyl (C=O) groups excluding carboxylic acids is 1. The quantitative estimate of drug-likeness (QED) is 0.801. The van der Waals surface area contributed by atoms with Gasteiger partial charge in [-0.3, -0.25) is 4.79 Å². The van der Waals surface area contributed by atoms with Gasteiger partial charge in [0.05, 0.1) is 5.02 Å². The number of halogens is 1. The number of carbonyl (C=O) groups is 1. The summed E-state index contributed by atoms with van der Waals surface area (Å²) in [6.07, 6.45) is 0.915. The highest BCUT2D eigenvalue weighted by Crippen LogP contribution is 2.20. The van der Waals surface area contributed by atoms with Gasteiger partial charge in [-0.15, -0.1) is 0 Å². The Labute approximate surface area is 153 Å². The van der Waals surface area contributed by atoms with Crippen LogP contribution in [-0.4, -0.2) is 27.4 Å². The zero-order valence-corrected chi connectivity index (χ0v) is 15.8. The molecule has 0 aliphatic rings. The van der Waals surface area contributed by atoms with E-state index in [-0.39, 0.29) is 28.9 Å². The third-order valence-corrected chi connectivity index (χ3v) is 5.75. The van der Waals surface area contributed by atoms with E-state index in [1.807, 2.05) is 24.3 Å². The zero-order chi connectivity index (χ0) is 18.4. The molecule has 0 aliphatic heterocycles. The Morgan fingerprint density at radius 1 is 1.12 bits per heavy atom. The maximum atomic E-state index is 12.3. The van der Waals surface area contributed by atoms with Crippen LogP contribution in [0, 0.1) is 0 Å². The summed E-state index contributed by atoms with van der Waals surface area (Å²) < 4.78 is 27.1. The number of anilines is 1. The Morgan fingerprint density at radius 2 is 1.76 bits per heavy atom. The van der Waals surface area contributed by atoms with Crippen molar-refractivity contribution in [2.24, 2.45) is 0 Å². The molecule has 0 spiro atoms. The number of hydrogen-bond donors (Lipinski definition) is 1. The van der Waals surface area contributed by atoms with Crippen LogP contribution in [0.5, 0.6) is 0 Å². The summed E-state index contributed by atoms with van der Waals surface area (Å²) in [7, 11) is -3.73. The van der Waals surface area contributed by atoms with Gasteiger partial charge in [-0.25, -0.2) is 13.1 Å². The third kappa shape index (κ3) is 5.04. The van der Waals surface area contributed by atoms with Gasteiger partial charge >= 0.3 is 0 Å². The van der Waals surface area contributed by atoms with Crippen LogP contribution >= 0.6 is 11.6 Å². The van der Waals surface area contributed by atoms with Crippen molar-refractivity contribution in [2.45, 2.75) is 25.2 Å². The van der Waals surface area contributed by atoms with Crippen LogP contribution in [0.25, 0.3) is 0 Å². The monoisotopic (exact) mass is 380 g/mol. The lowest BCUT2D eigenvalue weighted by atomic mass is 10.1. The van der Waals surface area contributed by atoms with Crippen LogP contribution in [0.4, 0.5) is 5.69 Å². The van der Waals surface area contributed by atoms with E-state index in [1.165, 1.54) is 29.5 Å². The van der Waals surface area contributed by atoms with Crippen molar-refractivity contribution in [3.63, 3.8) is 0 Å². The van der Waals surface area contributed by atoms with E-state index in [4.69, 9.17) is 11.6 Å². The highest BCUT2D eigenvalue weighted by atomic mass is 35.5. The van der Waals surface area contributed by atoms with E-state index in [1.54, 1.807) is 12.1 Å². The fraction of sp³-hybridized carbons (Fsp3) is 0.278. The summed E-state index contributed by atoms with van der Waals surface area (Å²) in [6, 6.07) is 13.9. The maximum absolute atomic E-state index is 12.3. The lowest BCUT2D eigenvalue weighted by molar-refractivity contribution is -0.116. The topological polar surface area (TPSA) is 66.5 Å². The molecular formula is C18H21ClN2O3S. The summed E-state index contributed by atoms with van der Waals surface area (Å²) in [6.45, 7) is 3.82. The molecule has 0 bridgehead atoms. The molecule has 2 rings (SSSR count). The van der Waals surface area contributed by atoms with E-state index >= 15 is 0 Å². The van der Waals surface area contributed by atoms with E-state index in [0.29, 0.717) is 0 Å². The van der Waals surface area contributed by atoms with E-state index in [0.717, 1.165) is 12.1 Å². The first-order valence-corrected chi connectivity index (χ1v) is 9.82. The number of aryl methyl sites for hydroxylation is 1. The Balaban J connectivity index is 2.06. The maximum Gasteiger partial charge on any atom is 0.242 e. The Morgan fingerprint density at radius 3 is 2.32 bits per heavy atom. The number of nitrogens with one attached hydrogen (secondary N) is 1. The summed E-state index contributed by atoms with van der Waals surface area (Å²) in [5, 5.41) is 0.161.